The maximum atomic E-state index is 13.0. The molecule has 112 valence electrons. The minimum atomic E-state index is -0.0353. The average molecular weight is 296 g/mol. The number of rotatable bonds is 2. The molecule has 1 fully saturated rings. The molecule has 0 bridgehead atoms. The van der Waals surface area contributed by atoms with Crippen molar-refractivity contribution in [1.29, 1.82) is 0 Å². The van der Waals surface area contributed by atoms with Gasteiger partial charge in [0.1, 0.15) is 0 Å². The van der Waals surface area contributed by atoms with E-state index in [9.17, 15) is 4.79 Å². The lowest BCUT2D eigenvalue weighted by molar-refractivity contribution is 0.0716. The Kier molecular flexibility index (Phi) is 2.96. The highest BCUT2D eigenvalue weighted by Gasteiger charge is 2.33. The first kappa shape index (κ1) is 13.1. The highest BCUT2D eigenvalue weighted by molar-refractivity contribution is 6.05. The summed E-state index contributed by atoms with van der Waals surface area (Å²) < 4.78 is 5.37. The van der Waals surface area contributed by atoms with Gasteiger partial charge in [-0.25, -0.2) is 0 Å². The summed E-state index contributed by atoms with van der Waals surface area (Å²) in [6.07, 6.45) is 3.60. The summed E-state index contributed by atoms with van der Waals surface area (Å²) in [6.45, 7) is 2.62. The molecular weight excluding hydrogens is 280 g/mol. The Morgan fingerprint density at radius 3 is 3.18 bits per heavy atom. The quantitative estimate of drug-likeness (QED) is 0.789. The van der Waals surface area contributed by atoms with Crippen LogP contribution in [0.4, 0.5) is 0 Å². The van der Waals surface area contributed by atoms with Crippen LogP contribution < -0.4 is 0 Å². The van der Waals surface area contributed by atoms with Crippen LogP contribution in [0.1, 0.15) is 40.7 Å². The molecule has 0 unspecified atom stereocenters. The molecule has 1 aromatic carbocycles. The minimum absolute atomic E-state index is 0.00593. The molecule has 22 heavy (non-hydrogen) atoms. The number of nitrogens with one attached hydrogen (secondary N) is 1. The third kappa shape index (κ3) is 1.99. The number of aryl methyl sites for hydroxylation is 1. The molecular formula is C16H16N4O2. The predicted octanol–water partition coefficient (Wildman–Crippen LogP) is 2.84. The van der Waals surface area contributed by atoms with Gasteiger partial charge in [0.05, 0.1) is 29.0 Å². The summed E-state index contributed by atoms with van der Waals surface area (Å²) in [5.41, 5.74) is 2.27. The molecule has 1 atom stereocenters. The molecule has 6 nitrogen and oxygen atoms in total. The first-order chi connectivity index (χ1) is 10.7. The summed E-state index contributed by atoms with van der Waals surface area (Å²) in [5.74, 6) is 0.770. The number of aromatic amines is 1. The number of hydrogen-bond donors (Lipinski definition) is 1. The lowest BCUT2D eigenvalue weighted by Crippen LogP contribution is -2.30. The van der Waals surface area contributed by atoms with Gasteiger partial charge in [0.25, 0.3) is 5.91 Å². The Morgan fingerprint density at radius 1 is 1.45 bits per heavy atom. The number of benzene rings is 1. The second-order valence-corrected chi connectivity index (χ2v) is 5.67. The molecule has 1 N–H and O–H groups in total. The van der Waals surface area contributed by atoms with Crippen molar-refractivity contribution in [2.75, 3.05) is 6.54 Å². The van der Waals surface area contributed by atoms with Crippen molar-refractivity contribution in [1.82, 2.24) is 20.3 Å². The Morgan fingerprint density at radius 2 is 2.36 bits per heavy atom. The molecule has 2 aromatic heterocycles. The van der Waals surface area contributed by atoms with Gasteiger partial charge in [-0.2, -0.15) is 5.10 Å². The third-order valence-electron chi connectivity index (χ3n) is 4.20. The molecule has 1 amide bonds. The van der Waals surface area contributed by atoms with E-state index >= 15 is 0 Å². The normalized spacial score (nSPS) is 18.2. The van der Waals surface area contributed by atoms with Crippen LogP contribution in [-0.2, 0) is 0 Å². The average Bonchev–Trinajstić information content (AvgIpc) is 3.25. The number of carbonyl (C=O) groups is 1. The fourth-order valence-corrected chi connectivity index (χ4v) is 3.15. The molecule has 1 saturated heterocycles. The highest BCUT2D eigenvalue weighted by atomic mass is 16.5. The van der Waals surface area contributed by atoms with Gasteiger partial charge in [-0.3, -0.25) is 9.89 Å². The lowest BCUT2D eigenvalue weighted by atomic mass is 10.1. The van der Waals surface area contributed by atoms with Crippen molar-refractivity contribution >= 4 is 16.8 Å². The zero-order chi connectivity index (χ0) is 15.1. The van der Waals surface area contributed by atoms with E-state index < -0.39 is 0 Å². The number of para-hydroxylation sites is 1. The highest BCUT2D eigenvalue weighted by Crippen LogP contribution is 2.34. The van der Waals surface area contributed by atoms with Gasteiger partial charge in [-0.1, -0.05) is 17.3 Å². The monoisotopic (exact) mass is 296 g/mol. The molecule has 6 heteroatoms. The Bertz CT molecular complexity index is 835. The van der Waals surface area contributed by atoms with E-state index in [0.29, 0.717) is 5.56 Å². The molecule has 0 radical (unpaired) electrons. The maximum absolute atomic E-state index is 13.0. The molecule has 0 saturated carbocycles. The number of fused-ring (bicyclic) bond motifs is 1. The van der Waals surface area contributed by atoms with Crippen LogP contribution >= 0.6 is 0 Å². The van der Waals surface area contributed by atoms with Gasteiger partial charge in [-0.15, -0.1) is 0 Å². The molecule has 3 heterocycles. The summed E-state index contributed by atoms with van der Waals surface area (Å²) in [5, 5.41) is 11.8. The smallest absolute Gasteiger partial charge is 0.256 e. The zero-order valence-corrected chi connectivity index (χ0v) is 12.2. The Labute approximate surface area is 127 Å². The molecule has 3 aromatic rings. The van der Waals surface area contributed by atoms with Gasteiger partial charge >= 0.3 is 0 Å². The number of nitrogens with zero attached hydrogens (tertiary/aromatic N) is 3. The van der Waals surface area contributed by atoms with Gasteiger partial charge in [0.15, 0.2) is 5.76 Å². The number of H-pyrrole nitrogens is 1. The summed E-state index contributed by atoms with van der Waals surface area (Å²) >= 11 is 0. The number of amides is 1. The topological polar surface area (TPSA) is 75.0 Å². The van der Waals surface area contributed by atoms with Gasteiger partial charge in [0, 0.05) is 18.0 Å². The van der Waals surface area contributed by atoms with E-state index in [1.165, 1.54) is 0 Å². The minimum Gasteiger partial charge on any atom is -0.359 e. The van der Waals surface area contributed by atoms with Crippen molar-refractivity contribution in [3.05, 3.63) is 47.5 Å². The van der Waals surface area contributed by atoms with E-state index in [4.69, 9.17) is 4.52 Å². The van der Waals surface area contributed by atoms with Crippen LogP contribution in [0.15, 0.2) is 35.0 Å². The first-order valence-electron chi connectivity index (χ1n) is 7.40. The molecule has 1 aliphatic heterocycles. The van der Waals surface area contributed by atoms with E-state index in [2.05, 4.69) is 15.4 Å². The van der Waals surface area contributed by atoms with E-state index in [-0.39, 0.29) is 11.9 Å². The van der Waals surface area contributed by atoms with E-state index in [1.807, 2.05) is 36.1 Å². The molecule has 0 spiro atoms. The van der Waals surface area contributed by atoms with Crippen LogP contribution in [-0.4, -0.2) is 32.7 Å². The fraction of sp³-hybridized carbons (Fsp3) is 0.312. The largest absolute Gasteiger partial charge is 0.359 e. The number of likely N-dealkylation sites (tertiary alicyclic amines) is 1. The number of aromatic nitrogens is 3. The van der Waals surface area contributed by atoms with E-state index in [1.54, 1.807) is 6.20 Å². The van der Waals surface area contributed by atoms with Crippen LogP contribution in [0.2, 0.25) is 0 Å². The summed E-state index contributed by atoms with van der Waals surface area (Å²) in [4.78, 5) is 14.8. The van der Waals surface area contributed by atoms with Gasteiger partial charge in [-0.05, 0) is 25.8 Å². The Hall–Kier alpha value is -2.63. The van der Waals surface area contributed by atoms with Gasteiger partial charge in [0.2, 0.25) is 0 Å². The second kappa shape index (κ2) is 4.98. The van der Waals surface area contributed by atoms with Crippen LogP contribution in [0.3, 0.4) is 0 Å². The number of carbonyl (C=O) groups excluding carboxylic acids is 1. The SMILES string of the molecule is Cc1cc([C@@H]2CCCN2C(=O)c2cccc3cn[nH]c23)on1. The van der Waals surface area contributed by atoms with Crippen LogP contribution in [0, 0.1) is 6.92 Å². The van der Waals surface area contributed by atoms with Crippen molar-refractivity contribution in [3.8, 4) is 0 Å². The third-order valence-corrected chi connectivity index (χ3v) is 4.20. The first-order valence-corrected chi connectivity index (χ1v) is 7.40. The standard InChI is InChI=1S/C16H16N4O2/c1-10-8-14(22-19-10)13-6-3-7-20(13)16(21)12-5-2-4-11-9-17-18-15(11)12/h2,4-5,8-9,13H,3,6-7H2,1H3,(H,17,18)/t13-/m0/s1. The summed E-state index contributed by atoms with van der Waals surface area (Å²) in [7, 11) is 0. The van der Waals surface area contributed by atoms with Crippen LogP contribution in [0.25, 0.3) is 10.9 Å². The van der Waals surface area contributed by atoms with Crippen molar-refractivity contribution in [2.24, 2.45) is 0 Å². The summed E-state index contributed by atoms with van der Waals surface area (Å²) in [6, 6.07) is 7.54. The van der Waals surface area contributed by atoms with Crippen molar-refractivity contribution < 1.29 is 9.32 Å². The molecule has 4 rings (SSSR count). The maximum Gasteiger partial charge on any atom is 0.256 e. The lowest BCUT2D eigenvalue weighted by Gasteiger charge is -2.22. The predicted molar refractivity (Wildman–Crippen MR) is 80.3 cm³/mol. The van der Waals surface area contributed by atoms with Gasteiger partial charge < -0.3 is 9.42 Å². The van der Waals surface area contributed by atoms with Crippen molar-refractivity contribution in [3.63, 3.8) is 0 Å². The van der Waals surface area contributed by atoms with E-state index in [0.717, 1.165) is 41.7 Å². The molecule has 1 aliphatic rings. The molecule has 0 aliphatic carbocycles. The van der Waals surface area contributed by atoms with Crippen LogP contribution in [0.5, 0.6) is 0 Å². The van der Waals surface area contributed by atoms with Crippen molar-refractivity contribution in [2.45, 2.75) is 25.8 Å². The zero-order valence-electron chi connectivity index (χ0n) is 12.2. The Balaban J connectivity index is 1.71. The fourth-order valence-electron chi connectivity index (χ4n) is 3.15. The number of hydrogen-bond acceptors (Lipinski definition) is 4. The second-order valence-electron chi connectivity index (χ2n) is 5.67.